The number of anilines is 3. The normalized spacial score (nSPS) is 19.2. The highest BCUT2D eigenvalue weighted by Crippen LogP contribution is 2.50. The molecule has 53 heavy (non-hydrogen) atoms. The zero-order valence-electron chi connectivity index (χ0n) is 31.1. The van der Waals surface area contributed by atoms with Gasteiger partial charge in [0.2, 0.25) is 0 Å². The maximum Gasteiger partial charge on any atom is 0.0591 e. The van der Waals surface area contributed by atoms with Gasteiger partial charge >= 0.3 is 0 Å². The van der Waals surface area contributed by atoms with E-state index in [1.54, 1.807) is 0 Å². The molecular weight excluding hydrogens is 641 g/mol. The van der Waals surface area contributed by atoms with Gasteiger partial charge in [-0.05, 0) is 105 Å². The minimum absolute atomic E-state index is 0.100. The molecule has 0 bridgehead atoms. The van der Waals surface area contributed by atoms with Crippen molar-refractivity contribution < 1.29 is 0 Å². The predicted octanol–water partition coefficient (Wildman–Crippen LogP) is 12.6. The summed E-state index contributed by atoms with van der Waals surface area (Å²) in [4.78, 5) is 4.85. The fourth-order valence-electron chi connectivity index (χ4n) is 8.56. The Morgan fingerprint density at radius 2 is 1.38 bits per heavy atom. The van der Waals surface area contributed by atoms with Gasteiger partial charge in [-0.1, -0.05) is 156 Å². The van der Waals surface area contributed by atoms with Crippen LogP contribution in [0.25, 0.3) is 17.2 Å². The van der Waals surface area contributed by atoms with Gasteiger partial charge in [0.15, 0.2) is 0 Å². The fraction of sp³-hybridized carbons (Fsp3) is 0.176. The van der Waals surface area contributed by atoms with E-state index < -0.39 is 0 Å². The molecule has 0 aromatic heterocycles. The number of fused-ring (bicyclic) bond motifs is 6. The lowest BCUT2D eigenvalue weighted by Crippen LogP contribution is -2.43. The zero-order chi connectivity index (χ0) is 36.7. The molecular formula is C51H48N2. The van der Waals surface area contributed by atoms with Crippen molar-refractivity contribution in [1.29, 1.82) is 0 Å². The molecule has 262 valence electrons. The summed E-state index contributed by atoms with van der Waals surface area (Å²) in [5.74, 6) is 0.427. The first-order valence-corrected chi connectivity index (χ1v) is 18.9. The van der Waals surface area contributed by atoms with E-state index in [4.69, 9.17) is 0 Å². The van der Waals surface area contributed by atoms with Gasteiger partial charge in [-0.2, -0.15) is 0 Å². The number of para-hydroxylation sites is 2. The van der Waals surface area contributed by atoms with Crippen molar-refractivity contribution in [1.82, 2.24) is 0 Å². The van der Waals surface area contributed by atoms with Crippen LogP contribution in [-0.4, -0.2) is 12.6 Å². The minimum atomic E-state index is -0.100. The third-order valence-corrected chi connectivity index (χ3v) is 11.5. The van der Waals surface area contributed by atoms with Crippen LogP contribution in [0.5, 0.6) is 0 Å². The first kappa shape index (κ1) is 34.2. The Labute approximate surface area is 316 Å². The van der Waals surface area contributed by atoms with E-state index in [0.29, 0.717) is 5.92 Å². The van der Waals surface area contributed by atoms with E-state index in [-0.39, 0.29) is 11.5 Å². The maximum absolute atomic E-state index is 4.47. The smallest absolute Gasteiger partial charge is 0.0591 e. The predicted molar refractivity (Wildman–Crippen MR) is 228 cm³/mol. The molecule has 2 atom stereocenters. The first-order valence-electron chi connectivity index (χ1n) is 18.9. The van der Waals surface area contributed by atoms with Gasteiger partial charge in [-0.25, -0.2) is 0 Å². The van der Waals surface area contributed by atoms with E-state index in [2.05, 4.69) is 177 Å². The van der Waals surface area contributed by atoms with Gasteiger partial charge in [0.05, 0.1) is 6.04 Å². The molecule has 2 aliphatic carbocycles. The quantitative estimate of drug-likeness (QED) is 0.162. The fourth-order valence-corrected chi connectivity index (χ4v) is 8.56. The van der Waals surface area contributed by atoms with E-state index in [0.717, 1.165) is 41.8 Å². The van der Waals surface area contributed by atoms with Gasteiger partial charge in [-0.15, -0.1) is 0 Å². The lowest BCUT2D eigenvalue weighted by atomic mass is 9.81. The average molecular weight is 689 g/mol. The second-order valence-electron chi connectivity index (χ2n) is 15.3. The standard InChI is InChI=1S/C51H48N2/c1-35(21-23-36(2)37(3)24-25-38(4)53-49-19-11-8-15-41(49)33-42-16-9-12-20-50(42)53)22-26-39-27-29-44-45-30-28-43(34-47(45)51(5,6)46(44)32-39)52-31-13-17-40-14-7-10-18-48(40)52/h7-12,14-16,18-30,32,34,41,49H,1-4,13,17,31,33H2,5-6H3. The largest absolute Gasteiger partial charge is 0.341 e. The van der Waals surface area contributed by atoms with Gasteiger partial charge < -0.3 is 9.80 Å². The van der Waals surface area contributed by atoms with Crippen LogP contribution in [-0.2, 0) is 18.3 Å². The van der Waals surface area contributed by atoms with Crippen molar-refractivity contribution in [3.05, 3.63) is 216 Å². The third kappa shape index (κ3) is 6.44. The van der Waals surface area contributed by atoms with Gasteiger partial charge in [0.25, 0.3) is 0 Å². The second-order valence-corrected chi connectivity index (χ2v) is 15.3. The molecule has 0 saturated carbocycles. The van der Waals surface area contributed by atoms with Crippen molar-refractivity contribution in [2.45, 2.75) is 44.6 Å². The number of aryl methyl sites for hydroxylation is 1. The van der Waals surface area contributed by atoms with Crippen molar-refractivity contribution in [3.63, 3.8) is 0 Å². The molecule has 2 heterocycles. The molecule has 2 nitrogen and oxygen atoms in total. The lowest BCUT2D eigenvalue weighted by Gasteiger charge is -2.42. The van der Waals surface area contributed by atoms with Crippen LogP contribution in [0, 0.1) is 5.92 Å². The van der Waals surface area contributed by atoms with Crippen LogP contribution in [0.1, 0.15) is 48.1 Å². The third-order valence-electron chi connectivity index (χ3n) is 11.5. The number of benzene rings is 4. The summed E-state index contributed by atoms with van der Waals surface area (Å²) in [6.07, 6.45) is 24.5. The summed E-state index contributed by atoms with van der Waals surface area (Å²) in [5, 5.41) is 0. The highest BCUT2D eigenvalue weighted by molar-refractivity contribution is 5.84. The van der Waals surface area contributed by atoms with Gasteiger partial charge in [0.1, 0.15) is 0 Å². The zero-order valence-corrected chi connectivity index (χ0v) is 31.1. The molecule has 0 spiro atoms. The number of allylic oxidation sites excluding steroid dienone is 10. The van der Waals surface area contributed by atoms with Crippen molar-refractivity contribution >= 4 is 23.1 Å². The summed E-state index contributed by atoms with van der Waals surface area (Å²) >= 11 is 0. The number of rotatable bonds is 9. The van der Waals surface area contributed by atoms with Crippen LogP contribution < -0.4 is 9.80 Å². The maximum atomic E-state index is 4.47. The van der Waals surface area contributed by atoms with Crippen LogP contribution in [0.15, 0.2) is 188 Å². The Kier molecular flexibility index (Phi) is 9.00. The molecule has 4 aliphatic rings. The lowest BCUT2D eigenvalue weighted by molar-refractivity contribution is 0.525. The molecule has 8 rings (SSSR count). The Balaban J connectivity index is 0.922. The summed E-state index contributed by atoms with van der Waals surface area (Å²) in [6.45, 7) is 23.1. The SMILES string of the molecule is C=C(C=CC(=C)C(=C)C=CC(=C)N1c2ccccc2CC2C=CC=CC21)C=Cc1ccc2c(c1)C(C)(C)c1cc(N3CCCc4ccccc43)ccc1-2. The Hall–Kier alpha value is -5.86. The number of hydrogen-bond acceptors (Lipinski definition) is 2. The van der Waals surface area contributed by atoms with E-state index in [9.17, 15) is 0 Å². The molecule has 4 aromatic rings. The summed E-state index contributed by atoms with van der Waals surface area (Å²) in [7, 11) is 0. The van der Waals surface area contributed by atoms with Crippen molar-refractivity contribution in [3.8, 4) is 11.1 Å². The monoisotopic (exact) mass is 688 g/mol. The summed E-state index contributed by atoms with van der Waals surface area (Å²) in [6, 6.07) is 31.7. The van der Waals surface area contributed by atoms with Crippen molar-refractivity contribution in [2.24, 2.45) is 5.92 Å². The Morgan fingerprint density at radius 3 is 2.19 bits per heavy atom. The van der Waals surface area contributed by atoms with E-state index in [1.807, 2.05) is 18.2 Å². The molecule has 2 aliphatic heterocycles. The highest BCUT2D eigenvalue weighted by Gasteiger charge is 2.36. The molecule has 4 aromatic carbocycles. The molecule has 0 fully saturated rings. The van der Waals surface area contributed by atoms with Crippen LogP contribution in [0.3, 0.4) is 0 Å². The molecule has 2 heteroatoms. The first-order chi connectivity index (χ1) is 25.7. The average Bonchev–Trinajstić information content (AvgIpc) is 3.41. The van der Waals surface area contributed by atoms with Crippen molar-refractivity contribution in [2.75, 3.05) is 16.3 Å². The summed E-state index contributed by atoms with van der Waals surface area (Å²) < 4.78 is 0. The highest BCUT2D eigenvalue weighted by atomic mass is 15.2. The van der Waals surface area contributed by atoms with Gasteiger partial charge in [0, 0.05) is 40.6 Å². The van der Waals surface area contributed by atoms with Crippen LogP contribution in [0.4, 0.5) is 17.1 Å². The van der Waals surface area contributed by atoms with Gasteiger partial charge in [-0.3, -0.25) is 0 Å². The van der Waals surface area contributed by atoms with E-state index >= 15 is 0 Å². The Bertz CT molecular complexity index is 2320. The van der Waals surface area contributed by atoms with Crippen LogP contribution in [0.2, 0.25) is 0 Å². The number of hydrogen-bond donors (Lipinski definition) is 0. The molecule has 0 N–H and O–H groups in total. The summed E-state index contributed by atoms with van der Waals surface area (Å²) in [5.41, 5.74) is 16.6. The minimum Gasteiger partial charge on any atom is -0.341 e. The topological polar surface area (TPSA) is 6.48 Å². The number of nitrogens with zero attached hydrogens (tertiary/aromatic N) is 2. The second kappa shape index (κ2) is 13.9. The molecule has 2 unspecified atom stereocenters. The van der Waals surface area contributed by atoms with E-state index in [1.165, 1.54) is 62.4 Å². The van der Waals surface area contributed by atoms with Crippen LogP contribution >= 0.6 is 0 Å². The molecule has 0 radical (unpaired) electrons. The Morgan fingerprint density at radius 1 is 0.698 bits per heavy atom. The molecule has 0 saturated heterocycles. The molecule has 0 amide bonds.